The highest BCUT2D eigenvalue weighted by Crippen LogP contribution is 2.32. The van der Waals surface area contributed by atoms with Crippen LogP contribution in [0.5, 0.6) is 0 Å². The second kappa shape index (κ2) is 9.41. The molecule has 3 aromatic carbocycles. The Morgan fingerprint density at radius 1 is 0.853 bits per heavy atom. The van der Waals surface area contributed by atoms with E-state index in [4.69, 9.17) is 11.6 Å². The molecule has 0 aliphatic carbocycles. The zero-order chi connectivity index (χ0) is 23.7. The van der Waals surface area contributed by atoms with Gasteiger partial charge in [-0.2, -0.15) is 4.31 Å². The molecule has 176 valence electrons. The van der Waals surface area contributed by atoms with Gasteiger partial charge >= 0.3 is 0 Å². The van der Waals surface area contributed by atoms with Gasteiger partial charge in [-0.3, -0.25) is 4.79 Å². The number of nitrogens with zero attached hydrogens (tertiary/aromatic N) is 3. The molecular weight excluding hydrogens is 470 g/mol. The van der Waals surface area contributed by atoms with Crippen LogP contribution in [-0.4, -0.2) is 51.4 Å². The molecule has 0 radical (unpaired) electrons. The molecule has 2 aliphatic heterocycles. The number of piperazine rings is 1. The molecular formula is C26H26ClN3O3S. The fourth-order valence-corrected chi connectivity index (χ4v) is 6.33. The minimum absolute atomic E-state index is 0.0256. The maximum atomic E-state index is 13.3. The van der Waals surface area contributed by atoms with Gasteiger partial charge in [-0.15, -0.1) is 0 Å². The molecule has 5 rings (SSSR count). The molecule has 2 aliphatic rings. The van der Waals surface area contributed by atoms with Crippen molar-refractivity contribution in [1.82, 2.24) is 4.31 Å². The quantitative estimate of drug-likeness (QED) is 0.537. The number of fused-ring (bicyclic) bond motifs is 1. The van der Waals surface area contributed by atoms with E-state index < -0.39 is 10.0 Å². The van der Waals surface area contributed by atoms with E-state index in [0.717, 1.165) is 22.5 Å². The number of hydrogen-bond acceptors (Lipinski definition) is 4. The van der Waals surface area contributed by atoms with E-state index in [1.54, 1.807) is 27.4 Å². The highest BCUT2D eigenvalue weighted by atomic mass is 35.5. The Labute approximate surface area is 205 Å². The Morgan fingerprint density at radius 2 is 1.62 bits per heavy atom. The first-order valence-corrected chi connectivity index (χ1v) is 13.2. The monoisotopic (exact) mass is 495 g/mol. The van der Waals surface area contributed by atoms with Crippen molar-refractivity contribution in [3.05, 3.63) is 88.9 Å². The third kappa shape index (κ3) is 4.56. The lowest BCUT2D eigenvalue weighted by Gasteiger charge is -2.35. The number of sulfonamides is 1. The molecule has 0 bridgehead atoms. The van der Waals surface area contributed by atoms with Gasteiger partial charge in [0.25, 0.3) is 0 Å². The summed E-state index contributed by atoms with van der Waals surface area (Å²) >= 11 is 6.10. The normalized spacial score (nSPS) is 16.5. The number of amides is 1. The zero-order valence-electron chi connectivity index (χ0n) is 18.7. The van der Waals surface area contributed by atoms with E-state index in [1.165, 1.54) is 0 Å². The molecule has 1 amide bonds. The summed E-state index contributed by atoms with van der Waals surface area (Å²) in [7, 11) is -3.61. The molecule has 1 saturated heterocycles. The summed E-state index contributed by atoms with van der Waals surface area (Å²) in [5.74, 6) is 0.0256. The molecule has 0 atom stereocenters. The molecule has 0 saturated carbocycles. The first kappa shape index (κ1) is 22.9. The molecule has 6 nitrogen and oxygen atoms in total. The average molecular weight is 496 g/mol. The summed E-state index contributed by atoms with van der Waals surface area (Å²) in [4.78, 5) is 17.1. The smallest absolute Gasteiger partial charge is 0.243 e. The molecule has 1 fully saturated rings. The second-order valence-corrected chi connectivity index (χ2v) is 11.0. The molecule has 0 N–H and O–H groups in total. The van der Waals surface area contributed by atoms with Gasteiger partial charge in [-0.25, -0.2) is 8.42 Å². The maximum Gasteiger partial charge on any atom is 0.243 e. The molecule has 3 aromatic rings. The van der Waals surface area contributed by atoms with Gasteiger partial charge in [0.05, 0.1) is 11.3 Å². The molecule has 0 spiro atoms. The van der Waals surface area contributed by atoms with Crippen LogP contribution in [0, 0.1) is 0 Å². The van der Waals surface area contributed by atoms with E-state index >= 15 is 0 Å². The van der Waals surface area contributed by atoms with Crippen LogP contribution in [0.1, 0.15) is 11.1 Å². The molecule has 8 heteroatoms. The summed E-state index contributed by atoms with van der Waals surface area (Å²) in [5.41, 5.74) is 3.69. The van der Waals surface area contributed by atoms with Crippen molar-refractivity contribution < 1.29 is 13.2 Å². The summed E-state index contributed by atoms with van der Waals surface area (Å²) in [6.07, 6.45) is 0.985. The van der Waals surface area contributed by atoms with Gasteiger partial charge < -0.3 is 9.80 Å². The summed E-state index contributed by atoms with van der Waals surface area (Å²) in [6, 6.07) is 22.4. The van der Waals surface area contributed by atoms with Crippen LogP contribution >= 0.6 is 11.6 Å². The topological polar surface area (TPSA) is 60.9 Å². The van der Waals surface area contributed by atoms with Gasteiger partial charge in [0, 0.05) is 49.1 Å². The summed E-state index contributed by atoms with van der Waals surface area (Å²) in [6.45, 7) is 2.60. The van der Waals surface area contributed by atoms with Crippen molar-refractivity contribution in [2.24, 2.45) is 0 Å². The van der Waals surface area contributed by atoms with Gasteiger partial charge in [0.2, 0.25) is 15.9 Å². The number of benzene rings is 3. The Balaban J connectivity index is 1.28. The van der Waals surface area contributed by atoms with E-state index in [9.17, 15) is 13.2 Å². The second-order valence-electron chi connectivity index (χ2n) is 8.62. The average Bonchev–Trinajstić information content (AvgIpc) is 3.28. The summed E-state index contributed by atoms with van der Waals surface area (Å²) < 4.78 is 28.2. The standard InChI is InChI=1S/C26H26ClN3O3S/c27-22-7-4-8-23(19-22)28-13-15-29(16-14-28)34(32,33)24-9-10-25-21(18-24)11-12-30(25)26(31)17-20-5-2-1-3-6-20/h1-10,18-19H,11-17H2. The third-order valence-corrected chi connectivity index (χ3v) is 8.63. The largest absolute Gasteiger partial charge is 0.369 e. The van der Waals surface area contributed by atoms with E-state index in [-0.39, 0.29) is 5.91 Å². The molecule has 0 unspecified atom stereocenters. The minimum atomic E-state index is -3.61. The van der Waals surface area contributed by atoms with Crippen LogP contribution in [0.25, 0.3) is 0 Å². The van der Waals surface area contributed by atoms with Crippen LogP contribution < -0.4 is 9.80 Å². The Kier molecular flexibility index (Phi) is 6.34. The van der Waals surface area contributed by atoms with Crippen molar-refractivity contribution in [3.63, 3.8) is 0 Å². The summed E-state index contributed by atoms with van der Waals surface area (Å²) in [5, 5.41) is 0.669. The highest BCUT2D eigenvalue weighted by molar-refractivity contribution is 7.89. The number of carbonyl (C=O) groups excluding carboxylic acids is 1. The lowest BCUT2D eigenvalue weighted by Crippen LogP contribution is -2.48. The highest BCUT2D eigenvalue weighted by Gasteiger charge is 2.31. The fourth-order valence-electron chi connectivity index (χ4n) is 4.67. The SMILES string of the molecule is O=C(Cc1ccccc1)N1CCc2cc(S(=O)(=O)N3CCN(c4cccc(Cl)c4)CC3)ccc21. The maximum absolute atomic E-state index is 13.3. The number of hydrogen-bond donors (Lipinski definition) is 0. The fraction of sp³-hybridized carbons (Fsp3) is 0.269. The number of halogens is 1. The molecule has 0 aromatic heterocycles. The number of carbonyl (C=O) groups is 1. The lowest BCUT2D eigenvalue weighted by atomic mass is 10.1. The first-order chi connectivity index (χ1) is 16.4. The molecule has 2 heterocycles. The predicted molar refractivity (Wildman–Crippen MR) is 135 cm³/mol. The lowest BCUT2D eigenvalue weighted by molar-refractivity contribution is -0.117. The zero-order valence-corrected chi connectivity index (χ0v) is 20.3. The predicted octanol–water partition coefficient (Wildman–Crippen LogP) is 3.98. The van der Waals surface area contributed by atoms with E-state index in [2.05, 4.69) is 4.90 Å². The van der Waals surface area contributed by atoms with Crippen LogP contribution in [0.15, 0.2) is 77.7 Å². The van der Waals surface area contributed by atoms with Gasteiger partial charge in [-0.05, 0) is 53.9 Å². The Morgan fingerprint density at radius 3 is 2.35 bits per heavy atom. The van der Waals surface area contributed by atoms with Crippen molar-refractivity contribution in [1.29, 1.82) is 0 Å². The van der Waals surface area contributed by atoms with Crippen LogP contribution in [0.2, 0.25) is 5.02 Å². The number of rotatable bonds is 5. The van der Waals surface area contributed by atoms with Gasteiger partial charge in [-0.1, -0.05) is 48.0 Å². The van der Waals surface area contributed by atoms with Crippen molar-refractivity contribution >= 4 is 38.9 Å². The van der Waals surface area contributed by atoms with Gasteiger partial charge in [0.1, 0.15) is 0 Å². The van der Waals surface area contributed by atoms with Crippen molar-refractivity contribution in [3.8, 4) is 0 Å². The van der Waals surface area contributed by atoms with Gasteiger partial charge in [0.15, 0.2) is 0 Å². The van der Waals surface area contributed by atoms with E-state index in [1.807, 2.05) is 54.6 Å². The minimum Gasteiger partial charge on any atom is -0.369 e. The van der Waals surface area contributed by atoms with Crippen molar-refractivity contribution in [2.45, 2.75) is 17.7 Å². The van der Waals surface area contributed by atoms with Crippen molar-refractivity contribution in [2.75, 3.05) is 42.5 Å². The van der Waals surface area contributed by atoms with Crippen LogP contribution in [0.3, 0.4) is 0 Å². The first-order valence-electron chi connectivity index (χ1n) is 11.4. The van der Waals surface area contributed by atoms with Crippen LogP contribution in [0.4, 0.5) is 11.4 Å². The van der Waals surface area contributed by atoms with E-state index in [0.29, 0.717) is 55.5 Å². The van der Waals surface area contributed by atoms with Crippen LogP contribution in [-0.2, 0) is 27.7 Å². The Bertz CT molecular complexity index is 1310. The third-order valence-electron chi connectivity index (χ3n) is 6.50. The molecule has 34 heavy (non-hydrogen) atoms. The number of anilines is 2. The Hall–Kier alpha value is -2.87.